The first-order chi connectivity index (χ1) is 10.8. The minimum atomic E-state index is 0.0471. The molecule has 0 radical (unpaired) electrons. The number of pyridine rings is 1. The van der Waals surface area contributed by atoms with E-state index < -0.39 is 0 Å². The molecule has 4 aromatic rings. The number of aromatic hydroxyl groups is 1. The summed E-state index contributed by atoms with van der Waals surface area (Å²) in [6.07, 6.45) is 7.13. The summed E-state index contributed by atoms with van der Waals surface area (Å²) in [6, 6.07) is 11.0. The third-order valence-electron chi connectivity index (χ3n) is 3.59. The molecule has 0 saturated heterocycles. The molecule has 22 heavy (non-hydrogen) atoms. The molecule has 0 amide bonds. The van der Waals surface area contributed by atoms with Crippen molar-refractivity contribution in [2.24, 2.45) is 0 Å². The van der Waals surface area contributed by atoms with E-state index in [9.17, 15) is 5.11 Å². The van der Waals surface area contributed by atoms with Gasteiger partial charge in [0.25, 0.3) is 0 Å². The molecule has 0 unspecified atom stereocenters. The van der Waals surface area contributed by atoms with Crippen LogP contribution in [0.5, 0.6) is 5.75 Å². The number of hydrogen-bond acceptors (Lipinski definition) is 4. The van der Waals surface area contributed by atoms with Crippen molar-refractivity contribution in [3.8, 4) is 22.7 Å². The molecule has 0 aliphatic rings. The van der Waals surface area contributed by atoms with E-state index in [1.54, 1.807) is 36.8 Å². The molecule has 6 nitrogen and oxygen atoms in total. The Morgan fingerprint density at radius 3 is 2.77 bits per heavy atom. The lowest BCUT2D eigenvalue weighted by Crippen LogP contribution is -2.04. The van der Waals surface area contributed by atoms with Crippen LogP contribution in [0.4, 0.5) is 5.69 Å². The molecule has 0 spiro atoms. The van der Waals surface area contributed by atoms with E-state index in [1.165, 1.54) is 0 Å². The lowest BCUT2D eigenvalue weighted by molar-refractivity contribution is 0.472. The molecule has 4 rings (SSSR count). The molecule has 6 heteroatoms. The number of phenols is 1. The molecule has 0 bridgehead atoms. The number of nitrogen functional groups attached to an aromatic ring is 1. The van der Waals surface area contributed by atoms with Crippen molar-refractivity contribution in [1.82, 2.24) is 19.2 Å². The summed E-state index contributed by atoms with van der Waals surface area (Å²) in [5, 5.41) is 10.2. The second-order valence-electron chi connectivity index (χ2n) is 4.93. The first kappa shape index (κ1) is 12.5. The predicted octanol–water partition coefficient (Wildman–Crippen LogP) is 2.47. The Hall–Kier alpha value is -3.28. The van der Waals surface area contributed by atoms with Gasteiger partial charge < -0.3 is 10.8 Å². The maximum absolute atomic E-state index is 10.2. The Labute approximate surface area is 126 Å². The van der Waals surface area contributed by atoms with Gasteiger partial charge in [-0.25, -0.2) is 9.50 Å². The van der Waals surface area contributed by atoms with Crippen LogP contribution in [0.25, 0.3) is 22.6 Å². The average Bonchev–Trinajstić information content (AvgIpc) is 3.13. The van der Waals surface area contributed by atoms with Crippen LogP contribution >= 0.6 is 0 Å². The van der Waals surface area contributed by atoms with Gasteiger partial charge >= 0.3 is 0 Å². The number of anilines is 1. The fraction of sp³-hybridized carbons (Fsp3) is 0. The Bertz CT molecular complexity index is 955. The van der Waals surface area contributed by atoms with Crippen LogP contribution < -0.4 is 5.73 Å². The summed E-state index contributed by atoms with van der Waals surface area (Å²) >= 11 is 0. The Morgan fingerprint density at radius 1 is 1.05 bits per heavy atom. The van der Waals surface area contributed by atoms with Gasteiger partial charge in [0, 0.05) is 30.2 Å². The van der Waals surface area contributed by atoms with Crippen LogP contribution in [0.15, 0.2) is 61.2 Å². The molecular formula is C16H13N5O. The summed E-state index contributed by atoms with van der Waals surface area (Å²) < 4.78 is 3.72. The van der Waals surface area contributed by atoms with Gasteiger partial charge in [0.2, 0.25) is 0 Å². The van der Waals surface area contributed by atoms with Crippen LogP contribution in [-0.4, -0.2) is 24.3 Å². The quantitative estimate of drug-likeness (QED) is 0.439. The predicted molar refractivity (Wildman–Crippen MR) is 83.8 cm³/mol. The molecule has 3 heterocycles. The van der Waals surface area contributed by atoms with E-state index in [2.05, 4.69) is 9.97 Å². The van der Waals surface area contributed by atoms with Crippen molar-refractivity contribution in [1.29, 1.82) is 0 Å². The van der Waals surface area contributed by atoms with Gasteiger partial charge in [0.1, 0.15) is 5.69 Å². The highest BCUT2D eigenvalue weighted by Crippen LogP contribution is 2.30. The number of hydrogen-bond donors (Lipinski definition) is 2. The van der Waals surface area contributed by atoms with Gasteiger partial charge in [0.05, 0.1) is 17.6 Å². The van der Waals surface area contributed by atoms with Crippen LogP contribution in [0.3, 0.4) is 0 Å². The second-order valence-corrected chi connectivity index (χ2v) is 4.93. The Morgan fingerprint density at radius 2 is 1.95 bits per heavy atom. The van der Waals surface area contributed by atoms with E-state index >= 15 is 0 Å². The highest BCUT2D eigenvalue weighted by Gasteiger charge is 2.14. The lowest BCUT2D eigenvalue weighted by atomic mass is 10.2. The van der Waals surface area contributed by atoms with Gasteiger partial charge in [-0.1, -0.05) is 6.07 Å². The van der Waals surface area contributed by atoms with Crippen molar-refractivity contribution < 1.29 is 5.11 Å². The van der Waals surface area contributed by atoms with Gasteiger partial charge in [-0.15, -0.1) is 0 Å². The second kappa shape index (κ2) is 4.63. The van der Waals surface area contributed by atoms with Crippen molar-refractivity contribution in [3.05, 3.63) is 61.2 Å². The van der Waals surface area contributed by atoms with Crippen molar-refractivity contribution >= 4 is 11.3 Å². The van der Waals surface area contributed by atoms with E-state index in [4.69, 9.17) is 5.73 Å². The van der Waals surface area contributed by atoms with Crippen LogP contribution in [-0.2, 0) is 0 Å². The zero-order chi connectivity index (χ0) is 15.1. The summed E-state index contributed by atoms with van der Waals surface area (Å²) in [7, 11) is 0. The first-order valence-corrected chi connectivity index (χ1v) is 6.79. The van der Waals surface area contributed by atoms with Crippen LogP contribution in [0.2, 0.25) is 0 Å². The third kappa shape index (κ3) is 1.74. The number of rotatable bonds is 2. The molecule has 0 aliphatic heterocycles. The number of nitrogens with two attached hydrogens (primary N) is 1. The van der Waals surface area contributed by atoms with E-state index in [0.29, 0.717) is 11.4 Å². The summed E-state index contributed by atoms with van der Waals surface area (Å²) in [5.74, 6) is 0.0471. The number of para-hydroxylation sites is 1. The maximum atomic E-state index is 10.2. The topological polar surface area (TPSA) is 81.4 Å². The molecule has 1 aromatic carbocycles. The number of fused-ring (bicyclic) bond motifs is 1. The van der Waals surface area contributed by atoms with Gasteiger partial charge in [0.15, 0.2) is 11.4 Å². The first-order valence-electron chi connectivity index (χ1n) is 6.79. The SMILES string of the molecule is Nc1cccc(-n2ccc3ncc(-c4cccnc4)n32)c1O. The van der Waals surface area contributed by atoms with Crippen molar-refractivity contribution in [2.75, 3.05) is 5.73 Å². The molecule has 0 fully saturated rings. The average molecular weight is 291 g/mol. The summed E-state index contributed by atoms with van der Waals surface area (Å²) in [4.78, 5) is 8.54. The Balaban J connectivity index is 2.00. The molecule has 3 aromatic heterocycles. The van der Waals surface area contributed by atoms with Crippen molar-refractivity contribution in [2.45, 2.75) is 0 Å². The van der Waals surface area contributed by atoms with Crippen LogP contribution in [0, 0.1) is 0 Å². The smallest absolute Gasteiger partial charge is 0.164 e. The fourth-order valence-corrected chi connectivity index (χ4v) is 2.54. The van der Waals surface area contributed by atoms with Gasteiger partial charge in [-0.2, -0.15) is 0 Å². The standard InChI is InChI=1S/C16H13N5O/c17-12-4-1-5-13(16(12)22)20-8-6-15-19-10-14(21(15)20)11-3-2-7-18-9-11/h1-10,22H,17H2. The number of aromatic nitrogens is 4. The van der Waals surface area contributed by atoms with Crippen LogP contribution in [0.1, 0.15) is 0 Å². The third-order valence-corrected chi connectivity index (χ3v) is 3.59. The summed E-state index contributed by atoms with van der Waals surface area (Å²) in [6.45, 7) is 0. The zero-order valence-corrected chi connectivity index (χ0v) is 11.6. The molecule has 108 valence electrons. The Kier molecular flexibility index (Phi) is 2.62. The van der Waals surface area contributed by atoms with E-state index in [0.717, 1.165) is 16.9 Å². The molecule has 0 atom stereocenters. The number of benzene rings is 1. The summed E-state index contributed by atoms with van der Waals surface area (Å²) in [5.41, 5.74) is 9.33. The highest BCUT2D eigenvalue weighted by atomic mass is 16.3. The van der Waals surface area contributed by atoms with E-state index in [-0.39, 0.29) is 5.75 Å². The minimum Gasteiger partial charge on any atom is -0.504 e. The molecule has 0 aliphatic carbocycles. The molecular weight excluding hydrogens is 278 g/mol. The number of phenolic OH excluding ortho intramolecular Hbond substituents is 1. The number of nitrogens with zero attached hydrogens (tertiary/aromatic N) is 4. The molecule has 0 saturated carbocycles. The zero-order valence-electron chi connectivity index (χ0n) is 11.6. The number of imidazole rings is 1. The van der Waals surface area contributed by atoms with E-state index in [1.807, 2.05) is 33.6 Å². The lowest BCUT2D eigenvalue weighted by Gasteiger charge is -2.11. The largest absolute Gasteiger partial charge is 0.504 e. The maximum Gasteiger partial charge on any atom is 0.164 e. The van der Waals surface area contributed by atoms with Gasteiger partial charge in [-0.3, -0.25) is 9.67 Å². The molecule has 3 N–H and O–H groups in total. The van der Waals surface area contributed by atoms with Crippen molar-refractivity contribution in [3.63, 3.8) is 0 Å². The minimum absolute atomic E-state index is 0.0471. The van der Waals surface area contributed by atoms with Gasteiger partial charge in [-0.05, 0) is 24.3 Å². The normalized spacial score (nSPS) is 11.1. The monoisotopic (exact) mass is 291 g/mol. The fourth-order valence-electron chi connectivity index (χ4n) is 2.54. The highest BCUT2D eigenvalue weighted by molar-refractivity contribution is 5.66.